The molecular weight excluding hydrogens is 348 g/mol. The summed E-state index contributed by atoms with van der Waals surface area (Å²) in [7, 11) is 0. The molecule has 0 aliphatic heterocycles. The average Bonchev–Trinajstić information content (AvgIpc) is 2.65. The van der Waals surface area contributed by atoms with Crippen molar-refractivity contribution in [1.29, 1.82) is 5.26 Å². The minimum atomic E-state index is -2.12. The first kappa shape index (κ1) is 20.4. The zero-order chi connectivity index (χ0) is 20.0. The molecule has 27 heavy (non-hydrogen) atoms. The van der Waals surface area contributed by atoms with E-state index in [1.165, 1.54) is 6.92 Å². The van der Waals surface area contributed by atoms with Crippen LogP contribution in [0.3, 0.4) is 0 Å². The number of rotatable bonds is 6. The smallest absolute Gasteiger partial charge is 0.344 e. The van der Waals surface area contributed by atoms with E-state index in [4.69, 9.17) is 9.47 Å². The molecule has 7 heteroatoms. The molecule has 144 valence electrons. The molecule has 0 saturated carbocycles. The largest absolute Gasteiger partial charge is 0.464 e. The summed E-state index contributed by atoms with van der Waals surface area (Å²) < 4.78 is 10.3. The van der Waals surface area contributed by atoms with Gasteiger partial charge in [-0.15, -0.1) is 0 Å². The Hall–Kier alpha value is -2.88. The molecule has 7 nitrogen and oxygen atoms in total. The molecule has 1 amide bonds. The summed E-state index contributed by atoms with van der Waals surface area (Å²) in [5, 5.41) is 12.2. The summed E-state index contributed by atoms with van der Waals surface area (Å²) in [5.41, 5.74) is -0.517. The number of carbonyl (C=O) groups excluding carboxylic acids is 3. The molecule has 0 fully saturated rings. The summed E-state index contributed by atoms with van der Waals surface area (Å²) in [6.45, 7) is 4.47. The molecule has 0 bridgehead atoms. The third-order valence-electron chi connectivity index (χ3n) is 4.72. The third kappa shape index (κ3) is 3.80. The van der Waals surface area contributed by atoms with E-state index < -0.39 is 35.2 Å². The number of hydrogen-bond acceptors (Lipinski definition) is 6. The fraction of sp³-hybridized carbons (Fsp3) is 0.500. The minimum Gasteiger partial charge on any atom is -0.464 e. The van der Waals surface area contributed by atoms with Gasteiger partial charge in [0.25, 0.3) is 0 Å². The molecular formula is C20H24N2O5. The van der Waals surface area contributed by atoms with Gasteiger partial charge in [0.1, 0.15) is 0 Å². The number of nitriles is 1. The van der Waals surface area contributed by atoms with Crippen LogP contribution in [0.5, 0.6) is 0 Å². The van der Waals surface area contributed by atoms with Crippen molar-refractivity contribution in [2.24, 2.45) is 5.92 Å². The van der Waals surface area contributed by atoms with E-state index >= 15 is 0 Å². The Morgan fingerprint density at radius 1 is 1.19 bits per heavy atom. The Kier molecular flexibility index (Phi) is 6.56. The summed E-state index contributed by atoms with van der Waals surface area (Å²) in [4.78, 5) is 38.1. The van der Waals surface area contributed by atoms with Gasteiger partial charge in [0.2, 0.25) is 11.4 Å². The molecule has 0 radical (unpaired) electrons. The molecule has 0 saturated heterocycles. The SMILES string of the molecule is CCOC(=O)C(NC(C)=O)(C(=O)OCC)C1c2ccccc2CCC1C#N. The molecule has 2 atom stereocenters. The Balaban J connectivity index is 2.76. The second-order valence-electron chi connectivity index (χ2n) is 6.38. The Morgan fingerprint density at radius 2 is 1.78 bits per heavy atom. The van der Waals surface area contributed by atoms with Crippen molar-refractivity contribution in [3.63, 3.8) is 0 Å². The fourth-order valence-electron chi connectivity index (χ4n) is 3.72. The Labute approximate surface area is 158 Å². The van der Waals surface area contributed by atoms with E-state index in [0.717, 1.165) is 5.56 Å². The second-order valence-corrected chi connectivity index (χ2v) is 6.38. The van der Waals surface area contributed by atoms with E-state index in [1.807, 2.05) is 12.1 Å². The lowest BCUT2D eigenvalue weighted by Gasteiger charge is -2.41. The molecule has 1 aromatic carbocycles. The van der Waals surface area contributed by atoms with Crippen molar-refractivity contribution in [3.8, 4) is 6.07 Å². The zero-order valence-electron chi connectivity index (χ0n) is 15.8. The molecule has 0 aromatic heterocycles. The van der Waals surface area contributed by atoms with Crippen molar-refractivity contribution in [3.05, 3.63) is 35.4 Å². The van der Waals surface area contributed by atoms with Crippen molar-refractivity contribution >= 4 is 17.8 Å². The van der Waals surface area contributed by atoms with Crippen LogP contribution in [-0.4, -0.2) is 36.6 Å². The number of ether oxygens (including phenoxy) is 2. The highest BCUT2D eigenvalue weighted by Gasteiger charge is 2.60. The van der Waals surface area contributed by atoms with Crippen LogP contribution in [0.15, 0.2) is 24.3 Å². The van der Waals surface area contributed by atoms with Crippen LogP contribution in [0.1, 0.15) is 44.2 Å². The first-order valence-corrected chi connectivity index (χ1v) is 9.02. The second kappa shape index (κ2) is 8.67. The van der Waals surface area contributed by atoms with Gasteiger partial charge in [-0.25, -0.2) is 9.59 Å². The van der Waals surface area contributed by atoms with Crippen LogP contribution in [-0.2, 0) is 30.3 Å². The summed E-state index contributed by atoms with van der Waals surface area (Å²) in [6.07, 6.45) is 1.10. The maximum Gasteiger partial charge on any atom is 0.344 e. The Bertz CT molecular complexity index is 750. The van der Waals surface area contributed by atoms with Crippen LogP contribution in [0.4, 0.5) is 0 Å². The average molecular weight is 372 g/mol. The van der Waals surface area contributed by atoms with Gasteiger partial charge in [-0.05, 0) is 37.8 Å². The number of nitrogens with zero attached hydrogens (tertiary/aromatic N) is 1. The normalized spacial score (nSPS) is 18.6. The van der Waals surface area contributed by atoms with Crippen LogP contribution in [0.25, 0.3) is 0 Å². The lowest BCUT2D eigenvalue weighted by Crippen LogP contribution is -2.66. The maximum atomic E-state index is 13.0. The standard InChI is InChI=1S/C20H24N2O5/c1-4-26-18(24)20(22-13(3)23,19(25)27-5-2)17-15(12-21)11-10-14-8-6-7-9-16(14)17/h6-9,15,17H,4-5,10-11H2,1-3H3,(H,22,23). The molecule has 2 rings (SSSR count). The molecule has 1 aromatic rings. The van der Waals surface area contributed by atoms with Crippen LogP contribution >= 0.6 is 0 Å². The van der Waals surface area contributed by atoms with Gasteiger partial charge in [0.05, 0.1) is 25.2 Å². The molecule has 0 spiro atoms. The van der Waals surface area contributed by atoms with Crippen molar-refractivity contribution < 1.29 is 23.9 Å². The molecule has 0 heterocycles. The van der Waals surface area contributed by atoms with E-state index in [1.54, 1.807) is 26.0 Å². The van der Waals surface area contributed by atoms with Gasteiger partial charge in [-0.1, -0.05) is 24.3 Å². The van der Waals surface area contributed by atoms with Gasteiger partial charge in [0, 0.05) is 12.8 Å². The van der Waals surface area contributed by atoms with E-state index in [9.17, 15) is 19.6 Å². The number of fused-ring (bicyclic) bond motifs is 1. The highest BCUT2D eigenvalue weighted by atomic mass is 16.6. The maximum absolute atomic E-state index is 13.0. The third-order valence-corrected chi connectivity index (χ3v) is 4.72. The first-order chi connectivity index (χ1) is 12.9. The molecule has 1 aliphatic carbocycles. The summed E-state index contributed by atoms with van der Waals surface area (Å²) in [6, 6.07) is 9.51. The number of esters is 2. The van der Waals surface area contributed by atoms with Crippen molar-refractivity contribution in [1.82, 2.24) is 5.32 Å². The number of benzene rings is 1. The topological polar surface area (TPSA) is 105 Å². The number of nitrogens with one attached hydrogen (secondary N) is 1. The van der Waals surface area contributed by atoms with Gasteiger partial charge >= 0.3 is 11.9 Å². The number of hydrogen-bond donors (Lipinski definition) is 1. The molecule has 1 N–H and O–H groups in total. The number of carbonyl (C=O) groups is 3. The molecule has 1 aliphatic rings. The van der Waals surface area contributed by atoms with Gasteiger partial charge in [-0.3, -0.25) is 4.79 Å². The Morgan fingerprint density at radius 3 is 2.30 bits per heavy atom. The van der Waals surface area contributed by atoms with Crippen molar-refractivity contribution in [2.75, 3.05) is 13.2 Å². The minimum absolute atomic E-state index is 0.0190. The van der Waals surface area contributed by atoms with Crippen LogP contribution < -0.4 is 5.32 Å². The lowest BCUT2D eigenvalue weighted by molar-refractivity contribution is -0.170. The fourth-order valence-corrected chi connectivity index (χ4v) is 3.72. The van der Waals surface area contributed by atoms with E-state index in [-0.39, 0.29) is 13.2 Å². The molecule has 2 unspecified atom stereocenters. The quantitative estimate of drug-likeness (QED) is 0.603. The summed E-state index contributed by atoms with van der Waals surface area (Å²) >= 11 is 0. The van der Waals surface area contributed by atoms with Gasteiger partial charge in [-0.2, -0.15) is 5.26 Å². The number of amides is 1. The predicted octanol–water partition coefficient (Wildman–Crippen LogP) is 1.86. The van der Waals surface area contributed by atoms with E-state index in [2.05, 4.69) is 11.4 Å². The highest BCUT2D eigenvalue weighted by Crippen LogP contribution is 2.44. The van der Waals surface area contributed by atoms with Crippen LogP contribution in [0.2, 0.25) is 0 Å². The van der Waals surface area contributed by atoms with E-state index in [0.29, 0.717) is 18.4 Å². The number of aryl methyl sites for hydroxylation is 1. The highest BCUT2D eigenvalue weighted by molar-refractivity contribution is 6.09. The van der Waals surface area contributed by atoms with Crippen molar-refractivity contribution in [2.45, 2.75) is 45.1 Å². The predicted molar refractivity (Wildman–Crippen MR) is 96.4 cm³/mol. The van der Waals surface area contributed by atoms with Crippen LogP contribution in [0, 0.1) is 17.2 Å². The first-order valence-electron chi connectivity index (χ1n) is 9.02. The van der Waals surface area contributed by atoms with Gasteiger partial charge < -0.3 is 14.8 Å². The zero-order valence-corrected chi connectivity index (χ0v) is 15.8. The lowest BCUT2D eigenvalue weighted by atomic mass is 9.65. The summed E-state index contributed by atoms with van der Waals surface area (Å²) in [5.74, 6) is -3.99. The van der Waals surface area contributed by atoms with Gasteiger partial charge in [0.15, 0.2) is 0 Å². The monoisotopic (exact) mass is 372 g/mol.